The Labute approximate surface area is 130 Å². The molecule has 0 aliphatic heterocycles. The maximum Gasteiger partial charge on any atom is 0.238 e. The summed E-state index contributed by atoms with van der Waals surface area (Å²) in [5, 5.41) is 6.93. The summed E-state index contributed by atoms with van der Waals surface area (Å²) in [7, 11) is 0. The van der Waals surface area contributed by atoms with Crippen molar-refractivity contribution >= 4 is 34.8 Å². The molecular weight excluding hydrogens is 295 g/mol. The number of carbonyl (C=O) groups excluding carboxylic acids is 1. The second-order valence-electron chi connectivity index (χ2n) is 6.40. The van der Waals surface area contributed by atoms with Gasteiger partial charge in [0, 0.05) is 6.04 Å². The Morgan fingerprint density at radius 2 is 1.65 bits per heavy atom. The van der Waals surface area contributed by atoms with Crippen LogP contribution in [0, 0.1) is 10.8 Å². The third-order valence-electron chi connectivity index (χ3n) is 4.71. The molecule has 1 saturated carbocycles. The van der Waals surface area contributed by atoms with Gasteiger partial charge in [0.1, 0.15) is 0 Å². The van der Waals surface area contributed by atoms with Crippen molar-refractivity contribution in [3.63, 3.8) is 0 Å². The Bertz CT molecular complexity index is 506. The van der Waals surface area contributed by atoms with E-state index in [-0.39, 0.29) is 23.3 Å². The van der Waals surface area contributed by atoms with Crippen molar-refractivity contribution in [2.45, 2.75) is 33.7 Å². The maximum atomic E-state index is 12.0. The molecule has 0 unspecified atom stereocenters. The monoisotopic (exact) mass is 314 g/mol. The minimum absolute atomic E-state index is 0.140. The number of carbonyl (C=O) groups is 1. The standard InChI is InChI=1S/C15H20Cl2N2O/c1-14(2)13(15(14,3)4)18-8-11(20)19-12-9(16)6-5-7-10(12)17/h5-7,13,18H,8H2,1-4H3,(H,19,20). The number of benzene rings is 1. The van der Waals surface area contributed by atoms with Crippen LogP contribution in [-0.2, 0) is 4.79 Å². The number of amides is 1. The van der Waals surface area contributed by atoms with Crippen LogP contribution < -0.4 is 10.6 Å². The van der Waals surface area contributed by atoms with E-state index in [1.807, 2.05) is 0 Å². The van der Waals surface area contributed by atoms with Gasteiger partial charge in [-0.1, -0.05) is 57.0 Å². The largest absolute Gasteiger partial charge is 0.322 e. The molecule has 2 N–H and O–H groups in total. The van der Waals surface area contributed by atoms with E-state index in [2.05, 4.69) is 38.3 Å². The van der Waals surface area contributed by atoms with Crippen molar-refractivity contribution in [1.82, 2.24) is 5.32 Å². The molecule has 20 heavy (non-hydrogen) atoms. The second-order valence-corrected chi connectivity index (χ2v) is 7.22. The molecule has 1 fully saturated rings. The van der Waals surface area contributed by atoms with Gasteiger partial charge in [-0.25, -0.2) is 0 Å². The van der Waals surface area contributed by atoms with Crippen LogP contribution in [0.2, 0.25) is 10.0 Å². The predicted molar refractivity (Wildman–Crippen MR) is 84.4 cm³/mol. The number of halogens is 2. The molecule has 0 atom stereocenters. The average molecular weight is 315 g/mol. The first-order chi connectivity index (χ1) is 9.18. The first-order valence-electron chi connectivity index (χ1n) is 6.65. The van der Waals surface area contributed by atoms with E-state index in [0.29, 0.717) is 21.8 Å². The lowest BCUT2D eigenvalue weighted by Crippen LogP contribution is -2.32. The fourth-order valence-electron chi connectivity index (χ4n) is 2.70. The molecule has 3 nitrogen and oxygen atoms in total. The summed E-state index contributed by atoms with van der Waals surface area (Å²) in [5.41, 5.74) is 0.877. The van der Waals surface area contributed by atoms with Crippen molar-refractivity contribution in [3.05, 3.63) is 28.2 Å². The molecule has 1 aromatic carbocycles. The van der Waals surface area contributed by atoms with E-state index in [1.165, 1.54) is 0 Å². The highest BCUT2D eigenvalue weighted by atomic mass is 35.5. The van der Waals surface area contributed by atoms with E-state index in [4.69, 9.17) is 23.2 Å². The number of nitrogens with one attached hydrogen (secondary N) is 2. The number of para-hydroxylation sites is 1. The molecule has 5 heteroatoms. The molecule has 0 saturated heterocycles. The van der Waals surface area contributed by atoms with Crippen LogP contribution in [0.25, 0.3) is 0 Å². The lowest BCUT2D eigenvalue weighted by Gasteiger charge is -2.10. The summed E-state index contributed by atoms with van der Waals surface area (Å²) in [5.74, 6) is -0.140. The minimum atomic E-state index is -0.140. The number of rotatable bonds is 4. The van der Waals surface area contributed by atoms with Crippen molar-refractivity contribution in [3.8, 4) is 0 Å². The molecule has 0 heterocycles. The van der Waals surface area contributed by atoms with Gasteiger partial charge in [0.2, 0.25) is 5.91 Å². The zero-order chi connectivity index (χ0) is 15.1. The normalized spacial score (nSPS) is 19.7. The van der Waals surface area contributed by atoms with Crippen molar-refractivity contribution in [2.75, 3.05) is 11.9 Å². The van der Waals surface area contributed by atoms with Gasteiger partial charge >= 0.3 is 0 Å². The summed E-state index contributed by atoms with van der Waals surface area (Å²) in [6, 6.07) is 5.48. The van der Waals surface area contributed by atoms with Crippen LogP contribution in [0.1, 0.15) is 27.7 Å². The Morgan fingerprint density at radius 3 is 2.10 bits per heavy atom. The summed E-state index contributed by atoms with van der Waals surface area (Å²) < 4.78 is 0. The summed E-state index contributed by atoms with van der Waals surface area (Å²) in [6.45, 7) is 9.06. The molecule has 1 aromatic rings. The molecule has 1 aliphatic rings. The van der Waals surface area contributed by atoms with Crippen LogP contribution in [0.5, 0.6) is 0 Å². The Hall–Kier alpha value is -0.770. The smallest absolute Gasteiger partial charge is 0.238 e. The Balaban J connectivity index is 1.92. The Kier molecular flexibility index (Phi) is 4.07. The summed E-state index contributed by atoms with van der Waals surface area (Å²) in [6.07, 6.45) is 0. The van der Waals surface area contributed by atoms with Gasteiger partial charge in [-0.15, -0.1) is 0 Å². The van der Waals surface area contributed by atoms with Crippen molar-refractivity contribution in [1.29, 1.82) is 0 Å². The highest BCUT2D eigenvalue weighted by Crippen LogP contribution is 2.62. The lowest BCUT2D eigenvalue weighted by molar-refractivity contribution is -0.115. The summed E-state index contributed by atoms with van der Waals surface area (Å²) >= 11 is 12.0. The van der Waals surface area contributed by atoms with Gasteiger partial charge in [-0.05, 0) is 23.0 Å². The Morgan fingerprint density at radius 1 is 1.15 bits per heavy atom. The highest BCUT2D eigenvalue weighted by molar-refractivity contribution is 6.39. The number of anilines is 1. The SMILES string of the molecule is CC1(C)C(NCC(=O)Nc2c(Cl)cccc2Cl)C1(C)C. The molecule has 1 amide bonds. The zero-order valence-corrected chi connectivity index (χ0v) is 13.7. The van der Waals surface area contributed by atoms with Crippen LogP contribution in [0.3, 0.4) is 0 Å². The van der Waals surface area contributed by atoms with Gasteiger partial charge in [0.25, 0.3) is 0 Å². The van der Waals surface area contributed by atoms with Crippen molar-refractivity contribution < 1.29 is 4.79 Å². The van der Waals surface area contributed by atoms with E-state index in [0.717, 1.165) is 0 Å². The van der Waals surface area contributed by atoms with Gasteiger partial charge < -0.3 is 10.6 Å². The molecular formula is C15H20Cl2N2O. The van der Waals surface area contributed by atoms with Crippen molar-refractivity contribution in [2.24, 2.45) is 10.8 Å². The number of hydrogen-bond donors (Lipinski definition) is 2. The van der Waals surface area contributed by atoms with Gasteiger partial charge in [0.15, 0.2) is 0 Å². The predicted octanol–water partition coefficient (Wildman–Crippen LogP) is 3.96. The highest BCUT2D eigenvalue weighted by Gasteiger charge is 2.64. The molecule has 2 rings (SSSR count). The van der Waals surface area contributed by atoms with Gasteiger partial charge in [0.05, 0.1) is 22.3 Å². The lowest BCUT2D eigenvalue weighted by atomic mass is 10.0. The van der Waals surface area contributed by atoms with E-state index < -0.39 is 0 Å². The molecule has 1 aliphatic carbocycles. The summed E-state index contributed by atoms with van der Waals surface area (Å²) in [4.78, 5) is 12.0. The van der Waals surface area contributed by atoms with E-state index >= 15 is 0 Å². The molecule has 0 aromatic heterocycles. The van der Waals surface area contributed by atoms with Crippen LogP contribution >= 0.6 is 23.2 Å². The quantitative estimate of drug-likeness (QED) is 0.883. The van der Waals surface area contributed by atoms with Gasteiger partial charge in [-0.2, -0.15) is 0 Å². The first-order valence-corrected chi connectivity index (χ1v) is 7.41. The maximum absolute atomic E-state index is 12.0. The van der Waals surface area contributed by atoms with Gasteiger partial charge in [-0.3, -0.25) is 4.79 Å². The van der Waals surface area contributed by atoms with Crippen LogP contribution in [0.4, 0.5) is 5.69 Å². The first kappa shape index (κ1) is 15.6. The number of hydrogen-bond acceptors (Lipinski definition) is 2. The van der Waals surface area contributed by atoms with E-state index in [9.17, 15) is 4.79 Å². The average Bonchev–Trinajstić information content (AvgIpc) is 2.72. The second kappa shape index (κ2) is 5.21. The molecule has 0 spiro atoms. The third kappa shape index (κ3) is 2.67. The topological polar surface area (TPSA) is 41.1 Å². The molecule has 0 radical (unpaired) electrons. The molecule has 0 bridgehead atoms. The van der Waals surface area contributed by atoms with Crippen LogP contribution in [0.15, 0.2) is 18.2 Å². The minimum Gasteiger partial charge on any atom is -0.322 e. The fourth-order valence-corrected chi connectivity index (χ4v) is 3.19. The third-order valence-corrected chi connectivity index (χ3v) is 5.34. The zero-order valence-electron chi connectivity index (χ0n) is 12.2. The van der Waals surface area contributed by atoms with Crippen LogP contribution in [-0.4, -0.2) is 18.5 Å². The fraction of sp³-hybridized carbons (Fsp3) is 0.533. The van der Waals surface area contributed by atoms with E-state index in [1.54, 1.807) is 18.2 Å². The molecule has 110 valence electrons.